The second-order valence-electron chi connectivity index (χ2n) is 4.72. The first-order chi connectivity index (χ1) is 9.08. The Morgan fingerprint density at radius 1 is 1.26 bits per heavy atom. The van der Waals surface area contributed by atoms with Crippen LogP contribution in [0.5, 0.6) is 5.75 Å². The molecule has 1 fully saturated rings. The fraction of sp³-hybridized carbons (Fsp3) is 0.500. The molecule has 0 bridgehead atoms. The molecule has 1 aliphatic rings. The van der Waals surface area contributed by atoms with Crippen molar-refractivity contribution in [3.8, 4) is 5.75 Å². The Balaban J connectivity index is 2.12. The first kappa shape index (κ1) is 14.4. The molecule has 104 valence electrons. The summed E-state index contributed by atoms with van der Waals surface area (Å²) in [5.74, 6) is 0.224. The minimum Gasteiger partial charge on any atom is -0.434 e. The molecule has 5 heteroatoms. The van der Waals surface area contributed by atoms with Crippen LogP contribution in [0, 0.1) is 5.92 Å². The van der Waals surface area contributed by atoms with E-state index in [1.54, 1.807) is 12.1 Å². The average molecular weight is 333 g/mol. The van der Waals surface area contributed by atoms with Crippen molar-refractivity contribution in [1.29, 1.82) is 0 Å². The van der Waals surface area contributed by atoms with Crippen LogP contribution in [0.15, 0.2) is 22.7 Å². The van der Waals surface area contributed by atoms with E-state index in [0.717, 1.165) is 25.7 Å². The van der Waals surface area contributed by atoms with Crippen LogP contribution >= 0.6 is 15.9 Å². The van der Waals surface area contributed by atoms with Gasteiger partial charge in [0.25, 0.3) is 0 Å². The van der Waals surface area contributed by atoms with E-state index in [0.29, 0.717) is 10.0 Å². The van der Waals surface area contributed by atoms with Crippen molar-refractivity contribution in [1.82, 2.24) is 0 Å². The Morgan fingerprint density at radius 2 is 1.95 bits per heavy atom. The van der Waals surface area contributed by atoms with Crippen molar-refractivity contribution in [3.63, 3.8) is 0 Å². The molecule has 0 radical (unpaired) electrons. The molecule has 0 saturated heterocycles. The molecule has 1 aromatic rings. The Labute approximate surface area is 119 Å². The highest BCUT2D eigenvalue weighted by molar-refractivity contribution is 9.10. The van der Waals surface area contributed by atoms with Gasteiger partial charge in [-0.1, -0.05) is 19.3 Å². The first-order valence-corrected chi connectivity index (χ1v) is 7.16. The van der Waals surface area contributed by atoms with E-state index >= 15 is 0 Å². The number of rotatable bonds is 4. The number of carbonyl (C=O) groups is 1. The summed E-state index contributed by atoms with van der Waals surface area (Å²) in [4.78, 5) is 12.3. The summed E-state index contributed by atoms with van der Waals surface area (Å²) < 4.78 is 29.0. The fourth-order valence-electron chi connectivity index (χ4n) is 2.45. The number of hydrogen-bond donors (Lipinski definition) is 0. The molecule has 0 heterocycles. The fourth-order valence-corrected chi connectivity index (χ4v) is 2.92. The third kappa shape index (κ3) is 3.75. The zero-order chi connectivity index (χ0) is 13.8. The number of alkyl halides is 2. The molecule has 2 rings (SSSR count). The molecular formula is C14H15BrF2O2. The van der Waals surface area contributed by atoms with Gasteiger partial charge >= 0.3 is 6.61 Å². The van der Waals surface area contributed by atoms with Crippen LogP contribution in [0.2, 0.25) is 0 Å². The molecule has 0 atom stereocenters. The number of benzene rings is 1. The van der Waals surface area contributed by atoms with Gasteiger partial charge in [-0.05, 0) is 47.0 Å². The van der Waals surface area contributed by atoms with Crippen LogP contribution in [0.4, 0.5) is 8.78 Å². The van der Waals surface area contributed by atoms with Crippen LogP contribution in [-0.2, 0) is 0 Å². The monoisotopic (exact) mass is 332 g/mol. The largest absolute Gasteiger partial charge is 0.434 e. The summed E-state index contributed by atoms with van der Waals surface area (Å²) in [6.07, 6.45) is 5.21. The predicted molar refractivity (Wildman–Crippen MR) is 71.7 cm³/mol. The van der Waals surface area contributed by atoms with Crippen LogP contribution in [0.3, 0.4) is 0 Å². The lowest BCUT2D eigenvalue weighted by Crippen LogP contribution is -2.17. The highest BCUT2D eigenvalue weighted by atomic mass is 79.9. The Bertz CT molecular complexity index is 457. The van der Waals surface area contributed by atoms with Crippen molar-refractivity contribution in [2.45, 2.75) is 38.7 Å². The number of Topliss-reactive ketones (excluding diaryl/α,β-unsaturated/α-hetero) is 1. The number of ketones is 1. The zero-order valence-electron chi connectivity index (χ0n) is 10.4. The summed E-state index contributed by atoms with van der Waals surface area (Å²) in [6, 6.07) is 4.53. The van der Waals surface area contributed by atoms with Gasteiger partial charge in [0.1, 0.15) is 5.75 Å². The summed E-state index contributed by atoms with van der Waals surface area (Å²) in [5, 5.41) is 0. The second kappa shape index (κ2) is 6.46. The molecule has 1 aromatic carbocycles. The van der Waals surface area contributed by atoms with Gasteiger partial charge in [-0.25, -0.2) is 0 Å². The topological polar surface area (TPSA) is 26.3 Å². The van der Waals surface area contributed by atoms with Crippen molar-refractivity contribution >= 4 is 21.7 Å². The predicted octanol–water partition coefficient (Wildman–Crippen LogP) is 4.81. The van der Waals surface area contributed by atoms with E-state index in [1.165, 1.54) is 12.5 Å². The third-order valence-electron chi connectivity index (χ3n) is 3.41. The smallest absolute Gasteiger partial charge is 0.387 e. The minimum absolute atomic E-state index is 0.0511. The van der Waals surface area contributed by atoms with E-state index in [2.05, 4.69) is 20.7 Å². The van der Waals surface area contributed by atoms with Crippen molar-refractivity contribution < 1.29 is 18.3 Å². The maximum absolute atomic E-state index is 12.3. The maximum atomic E-state index is 12.3. The lowest BCUT2D eigenvalue weighted by atomic mass is 9.84. The summed E-state index contributed by atoms with van der Waals surface area (Å²) in [7, 11) is 0. The van der Waals surface area contributed by atoms with Crippen LogP contribution in [0.1, 0.15) is 42.5 Å². The van der Waals surface area contributed by atoms with E-state index in [4.69, 9.17) is 0 Å². The van der Waals surface area contributed by atoms with Gasteiger partial charge in [0.2, 0.25) is 0 Å². The van der Waals surface area contributed by atoms with Crippen molar-refractivity contribution in [2.24, 2.45) is 5.92 Å². The van der Waals surface area contributed by atoms with Crippen molar-refractivity contribution in [2.75, 3.05) is 0 Å². The number of halogens is 3. The highest BCUT2D eigenvalue weighted by Crippen LogP contribution is 2.31. The summed E-state index contributed by atoms with van der Waals surface area (Å²) >= 11 is 3.16. The molecule has 0 spiro atoms. The molecule has 0 N–H and O–H groups in total. The normalized spacial score (nSPS) is 16.6. The van der Waals surface area contributed by atoms with Crippen LogP contribution < -0.4 is 4.74 Å². The lowest BCUT2D eigenvalue weighted by molar-refractivity contribution is -0.0503. The minimum atomic E-state index is -2.86. The number of carbonyl (C=O) groups excluding carboxylic acids is 1. The zero-order valence-corrected chi connectivity index (χ0v) is 12.0. The Morgan fingerprint density at radius 3 is 2.53 bits per heavy atom. The van der Waals surface area contributed by atoms with E-state index < -0.39 is 6.61 Å². The van der Waals surface area contributed by atoms with Gasteiger partial charge in [0.15, 0.2) is 5.78 Å². The quantitative estimate of drug-likeness (QED) is 0.739. The number of hydrogen-bond acceptors (Lipinski definition) is 2. The van der Waals surface area contributed by atoms with Gasteiger partial charge in [-0.3, -0.25) is 4.79 Å². The molecule has 0 aliphatic heterocycles. The average Bonchev–Trinajstić information content (AvgIpc) is 2.41. The molecule has 19 heavy (non-hydrogen) atoms. The summed E-state index contributed by atoms with van der Waals surface area (Å²) in [6.45, 7) is -2.86. The lowest BCUT2D eigenvalue weighted by Gasteiger charge is -2.20. The van der Waals surface area contributed by atoms with Gasteiger partial charge in [-0.2, -0.15) is 8.78 Å². The standard InChI is InChI=1S/C14H15BrF2O2/c15-11-8-10(6-7-12(11)19-14(16)17)13(18)9-4-2-1-3-5-9/h6-9,14H,1-5H2. The van der Waals surface area contributed by atoms with E-state index in [-0.39, 0.29) is 17.5 Å². The molecule has 2 nitrogen and oxygen atoms in total. The Kier molecular flexibility index (Phi) is 4.91. The van der Waals surface area contributed by atoms with Crippen LogP contribution in [0.25, 0.3) is 0 Å². The molecule has 0 amide bonds. The SMILES string of the molecule is O=C(c1ccc(OC(F)F)c(Br)c1)C1CCCCC1. The van der Waals surface area contributed by atoms with Crippen molar-refractivity contribution in [3.05, 3.63) is 28.2 Å². The van der Waals surface area contributed by atoms with Gasteiger partial charge in [0.05, 0.1) is 4.47 Å². The molecule has 1 saturated carbocycles. The van der Waals surface area contributed by atoms with Crippen LogP contribution in [-0.4, -0.2) is 12.4 Å². The van der Waals surface area contributed by atoms with Gasteiger partial charge in [0, 0.05) is 11.5 Å². The molecule has 0 aromatic heterocycles. The van der Waals surface area contributed by atoms with Gasteiger partial charge < -0.3 is 4.74 Å². The molecule has 1 aliphatic carbocycles. The summed E-state index contributed by atoms with van der Waals surface area (Å²) in [5.41, 5.74) is 0.556. The molecular weight excluding hydrogens is 318 g/mol. The van der Waals surface area contributed by atoms with E-state index in [1.807, 2.05) is 0 Å². The Hall–Kier alpha value is -0.970. The third-order valence-corrected chi connectivity index (χ3v) is 4.03. The second-order valence-corrected chi connectivity index (χ2v) is 5.58. The molecule has 0 unspecified atom stereocenters. The number of ether oxygens (including phenoxy) is 1. The highest BCUT2D eigenvalue weighted by Gasteiger charge is 2.23. The van der Waals surface area contributed by atoms with Gasteiger partial charge in [-0.15, -0.1) is 0 Å². The maximum Gasteiger partial charge on any atom is 0.387 e. The first-order valence-electron chi connectivity index (χ1n) is 6.36. The van der Waals surface area contributed by atoms with E-state index in [9.17, 15) is 13.6 Å².